The summed E-state index contributed by atoms with van der Waals surface area (Å²) in [5.74, 6) is 0.259. The van der Waals surface area contributed by atoms with E-state index in [0.717, 1.165) is 0 Å². The second kappa shape index (κ2) is 6.12. The molecule has 0 aliphatic rings. The van der Waals surface area contributed by atoms with Gasteiger partial charge in [-0.1, -0.05) is 6.07 Å². The highest BCUT2D eigenvalue weighted by atomic mass is 79.9. The lowest BCUT2D eigenvalue weighted by Gasteiger charge is -2.15. The molecule has 3 aromatic rings. The Balaban J connectivity index is 2.26. The summed E-state index contributed by atoms with van der Waals surface area (Å²) in [4.78, 5) is 0. The van der Waals surface area contributed by atoms with Gasteiger partial charge in [0.15, 0.2) is 0 Å². The lowest BCUT2D eigenvalue weighted by Crippen LogP contribution is -2.04. The van der Waals surface area contributed by atoms with Crippen molar-refractivity contribution in [1.82, 2.24) is 0 Å². The van der Waals surface area contributed by atoms with E-state index in [1.54, 1.807) is 31.2 Å². The number of aryl methyl sites for hydroxylation is 1. The molecule has 1 aromatic heterocycles. The maximum atomic E-state index is 10.9. The third-order valence-corrected chi connectivity index (χ3v) is 4.61. The fraction of sp³-hybridized carbons (Fsp3) is 0.222. The van der Waals surface area contributed by atoms with Crippen LogP contribution in [0.25, 0.3) is 11.0 Å². The zero-order valence-corrected chi connectivity index (χ0v) is 14.7. The minimum Gasteiger partial charge on any atom is -0.507 e. The van der Waals surface area contributed by atoms with Crippen LogP contribution in [0.2, 0.25) is 0 Å². The van der Waals surface area contributed by atoms with E-state index >= 15 is 0 Å². The van der Waals surface area contributed by atoms with Crippen molar-refractivity contribution in [2.24, 2.45) is 0 Å². The van der Waals surface area contributed by atoms with Crippen LogP contribution >= 0.6 is 15.9 Å². The van der Waals surface area contributed by atoms with Gasteiger partial charge in [-0.25, -0.2) is 0 Å². The molecule has 0 amide bonds. The zero-order valence-electron chi connectivity index (χ0n) is 13.1. The van der Waals surface area contributed by atoms with Crippen molar-refractivity contribution in [3.63, 3.8) is 0 Å². The van der Waals surface area contributed by atoms with E-state index in [0.29, 0.717) is 32.1 Å². The zero-order chi connectivity index (χ0) is 17.6. The van der Waals surface area contributed by atoms with Crippen molar-refractivity contribution in [2.45, 2.75) is 26.1 Å². The van der Waals surface area contributed by atoms with Crippen LogP contribution in [0.4, 0.5) is 0 Å². The Hall–Kier alpha value is -2.02. The van der Waals surface area contributed by atoms with Gasteiger partial charge in [0.1, 0.15) is 35.1 Å². The molecule has 0 saturated heterocycles. The summed E-state index contributed by atoms with van der Waals surface area (Å²) in [6.45, 7) is 3.25. The summed E-state index contributed by atoms with van der Waals surface area (Å²) in [5.41, 5.74) is 1.80. The third-order valence-electron chi connectivity index (χ3n) is 4.00. The fourth-order valence-corrected chi connectivity index (χ4v) is 3.42. The minimum atomic E-state index is -1.14. The molecule has 2 atom stereocenters. The van der Waals surface area contributed by atoms with E-state index in [2.05, 4.69) is 15.9 Å². The number of phenols is 2. The summed E-state index contributed by atoms with van der Waals surface area (Å²) in [6.07, 6.45) is -2.09. The lowest BCUT2D eigenvalue weighted by molar-refractivity contribution is 0.159. The predicted molar refractivity (Wildman–Crippen MR) is 93.1 cm³/mol. The van der Waals surface area contributed by atoms with Gasteiger partial charge in [-0.05, 0) is 65.2 Å². The maximum absolute atomic E-state index is 10.9. The number of halogens is 1. The molecule has 0 bridgehead atoms. The van der Waals surface area contributed by atoms with Crippen LogP contribution in [0, 0.1) is 6.92 Å². The molecule has 3 rings (SSSR count). The monoisotopic (exact) mass is 392 g/mol. The Morgan fingerprint density at radius 2 is 1.83 bits per heavy atom. The number of aromatic hydroxyl groups is 2. The highest BCUT2D eigenvalue weighted by Gasteiger charge is 2.27. The molecule has 24 heavy (non-hydrogen) atoms. The van der Waals surface area contributed by atoms with Crippen LogP contribution in [0.3, 0.4) is 0 Å². The van der Waals surface area contributed by atoms with Crippen LogP contribution in [-0.2, 0) is 0 Å². The van der Waals surface area contributed by atoms with Gasteiger partial charge in [0.05, 0.1) is 9.86 Å². The van der Waals surface area contributed by atoms with Gasteiger partial charge in [0, 0.05) is 5.56 Å². The summed E-state index contributed by atoms with van der Waals surface area (Å²) in [7, 11) is 0. The molecule has 2 aromatic carbocycles. The maximum Gasteiger partial charge on any atom is 0.139 e. The minimum absolute atomic E-state index is 0.0354. The molecule has 4 N–H and O–H groups in total. The molecule has 0 saturated carbocycles. The van der Waals surface area contributed by atoms with E-state index in [9.17, 15) is 20.4 Å². The highest BCUT2D eigenvalue weighted by molar-refractivity contribution is 9.10. The van der Waals surface area contributed by atoms with Gasteiger partial charge in [-0.3, -0.25) is 0 Å². The number of rotatable bonds is 3. The molecule has 1 heterocycles. The largest absolute Gasteiger partial charge is 0.507 e. The van der Waals surface area contributed by atoms with Crippen molar-refractivity contribution in [2.75, 3.05) is 0 Å². The van der Waals surface area contributed by atoms with Gasteiger partial charge < -0.3 is 24.8 Å². The van der Waals surface area contributed by atoms with Crippen molar-refractivity contribution in [1.29, 1.82) is 0 Å². The number of benzene rings is 2. The molecule has 0 aliphatic heterocycles. The first-order valence-corrected chi connectivity index (χ1v) is 8.20. The Bertz CT molecular complexity index is 890. The summed E-state index contributed by atoms with van der Waals surface area (Å²) in [6, 6.07) is 8.03. The Kier molecular flexibility index (Phi) is 4.29. The Morgan fingerprint density at radius 3 is 2.46 bits per heavy atom. The second-order valence-electron chi connectivity index (χ2n) is 5.78. The number of phenolic OH excluding ortho intramolecular Hbond substituents is 2. The lowest BCUT2D eigenvalue weighted by atomic mass is 9.95. The third kappa shape index (κ3) is 2.66. The molecular weight excluding hydrogens is 376 g/mol. The SMILES string of the molecule is Cc1cc(C(O)c2c(C(C)O)oc3cccc(O)c23)cc(Br)c1O. The number of aliphatic hydroxyl groups excluding tert-OH is 2. The van der Waals surface area contributed by atoms with E-state index in [4.69, 9.17) is 4.42 Å². The number of furan rings is 1. The predicted octanol–water partition coefficient (Wildman–Crippen LogP) is 4.05. The fourth-order valence-electron chi connectivity index (χ4n) is 2.84. The van der Waals surface area contributed by atoms with Gasteiger partial charge in [0.25, 0.3) is 0 Å². The molecule has 6 heteroatoms. The Labute approximate surface area is 146 Å². The normalized spacial score (nSPS) is 14.0. The first kappa shape index (κ1) is 16.8. The van der Waals surface area contributed by atoms with E-state index in [1.807, 2.05) is 0 Å². The van der Waals surface area contributed by atoms with Gasteiger partial charge in [-0.15, -0.1) is 0 Å². The Morgan fingerprint density at radius 1 is 1.12 bits per heavy atom. The first-order chi connectivity index (χ1) is 11.3. The average Bonchev–Trinajstić information content (AvgIpc) is 2.92. The van der Waals surface area contributed by atoms with Crippen molar-refractivity contribution in [3.05, 3.63) is 57.3 Å². The summed E-state index contributed by atoms with van der Waals surface area (Å²) < 4.78 is 6.09. The standard InChI is InChI=1S/C18H17BrO5/c1-8-6-10(7-11(19)16(8)22)17(23)15-14-12(21)4-3-5-13(14)24-18(15)9(2)20/h3-7,9,17,20-23H,1-2H3. The molecule has 5 nitrogen and oxygen atoms in total. The van der Waals surface area contributed by atoms with Crippen LogP contribution in [0.15, 0.2) is 39.2 Å². The van der Waals surface area contributed by atoms with E-state index in [-0.39, 0.29) is 17.3 Å². The van der Waals surface area contributed by atoms with Crippen LogP contribution in [0.5, 0.6) is 11.5 Å². The highest BCUT2D eigenvalue weighted by Crippen LogP contribution is 2.42. The van der Waals surface area contributed by atoms with Crippen molar-refractivity contribution < 1.29 is 24.8 Å². The molecule has 126 valence electrons. The van der Waals surface area contributed by atoms with Gasteiger partial charge in [-0.2, -0.15) is 0 Å². The van der Waals surface area contributed by atoms with Gasteiger partial charge in [0.2, 0.25) is 0 Å². The topological polar surface area (TPSA) is 94.1 Å². The number of fused-ring (bicyclic) bond motifs is 1. The quantitative estimate of drug-likeness (QED) is 0.539. The van der Waals surface area contributed by atoms with Crippen LogP contribution < -0.4 is 0 Å². The number of aliphatic hydroxyl groups is 2. The number of hydrogen-bond acceptors (Lipinski definition) is 5. The molecule has 0 fully saturated rings. The smallest absolute Gasteiger partial charge is 0.139 e. The van der Waals surface area contributed by atoms with Gasteiger partial charge >= 0.3 is 0 Å². The van der Waals surface area contributed by atoms with E-state index in [1.165, 1.54) is 13.0 Å². The molecular formula is C18H17BrO5. The first-order valence-electron chi connectivity index (χ1n) is 7.40. The van der Waals surface area contributed by atoms with Crippen molar-refractivity contribution >= 4 is 26.9 Å². The van der Waals surface area contributed by atoms with Crippen LogP contribution in [0.1, 0.15) is 41.6 Å². The van der Waals surface area contributed by atoms with Crippen molar-refractivity contribution in [3.8, 4) is 11.5 Å². The van der Waals surface area contributed by atoms with Crippen LogP contribution in [-0.4, -0.2) is 20.4 Å². The average molecular weight is 393 g/mol. The summed E-state index contributed by atoms with van der Waals surface area (Å²) in [5, 5.41) is 41.3. The molecule has 0 spiro atoms. The second-order valence-corrected chi connectivity index (χ2v) is 6.63. The molecule has 0 radical (unpaired) electrons. The molecule has 0 aliphatic carbocycles. The summed E-state index contributed by atoms with van der Waals surface area (Å²) >= 11 is 3.26. The number of hydrogen-bond donors (Lipinski definition) is 4. The van der Waals surface area contributed by atoms with E-state index < -0.39 is 12.2 Å². The molecule has 2 unspecified atom stereocenters.